The molecule has 1 heteroatoms. The number of benzene rings is 2. The second kappa shape index (κ2) is 3.91. The number of hydrogen-bond acceptors (Lipinski definition) is 1. The zero-order valence-corrected chi connectivity index (χ0v) is 9.26. The Morgan fingerprint density at radius 1 is 1.06 bits per heavy atom. The maximum Gasteiger partial charge on any atom is 0.0433 e. The minimum atomic E-state index is 0.328. The molecule has 82 valence electrons. The highest BCUT2D eigenvalue weighted by atomic mass is 16.3. The summed E-state index contributed by atoms with van der Waals surface area (Å²) < 4.78 is 0. The molecule has 0 heterocycles. The second-order valence-corrected chi connectivity index (χ2v) is 4.72. The molecular formula is C15H16O. The molecule has 0 unspecified atom stereocenters. The fourth-order valence-corrected chi connectivity index (χ4v) is 2.58. The molecule has 1 aliphatic carbocycles. The lowest BCUT2D eigenvalue weighted by Gasteiger charge is -2.02. The predicted molar refractivity (Wildman–Crippen MR) is 66.5 cm³/mol. The summed E-state index contributed by atoms with van der Waals surface area (Å²) in [4.78, 5) is 0. The van der Waals surface area contributed by atoms with Crippen molar-refractivity contribution in [1.82, 2.24) is 0 Å². The van der Waals surface area contributed by atoms with Crippen LogP contribution < -0.4 is 0 Å². The van der Waals surface area contributed by atoms with E-state index in [9.17, 15) is 0 Å². The number of aliphatic hydroxyl groups is 1. The first-order valence-corrected chi connectivity index (χ1v) is 5.98. The van der Waals surface area contributed by atoms with Gasteiger partial charge in [0.1, 0.15) is 0 Å². The Balaban J connectivity index is 1.89. The Labute approximate surface area is 95.7 Å². The molecule has 0 bridgehead atoms. The zero-order valence-electron chi connectivity index (χ0n) is 9.26. The van der Waals surface area contributed by atoms with Crippen LogP contribution in [0.2, 0.25) is 0 Å². The number of fused-ring (bicyclic) bond motifs is 1. The molecule has 1 aliphatic rings. The van der Waals surface area contributed by atoms with E-state index in [1.165, 1.54) is 22.8 Å². The average Bonchev–Trinajstić information content (AvgIpc) is 3.08. The lowest BCUT2D eigenvalue weighted by atomic mass is 10.0. The summed E-state index contributed by atoms with van der Waals surface area (Å²) in [6.45, 7) is 0.328. The van der Waals surface area contributed by atoms with Gasteiger partial charge in [-0.05, 0) is 41.0 Å². The van der Waals surface area contributed by atoms with Gasteiger partial charge in [0.2, 0.25) is 0 Å². The van der Waals surface area contributed by atoms with E-state index in [0.29, 0.717) is 18.4 Å². The summed E-state index contributed by atoms with van der Waals surface area (Å²) in [6, 6.07) is 15.2. The molecular weight excluding hydrogens is 196 g/mol. The van der Waals surface area contributed by atoms with Gasteiger partial charge in [0.15, 0.2) is 0 Å². The summed E-state index contributed by atoms with van der Waals surface area (Å²) in [5.41, 5.74) is 1.44. The minimum absolute atomic E-state index is 0.328. The Morgan fingerprint density at radius 2 is 1.88 bits per heavy atom. The van der Waals surface area contributed by atoms with Crippen molar-refractivity contribution in [3.8, 4) is 0 Å². The first-order chi connectivity index (χ1) is 7.88. The fourth-order valence-electron chi connectivity index (χ4n) is 2.58. The van der Waals surface area contributed by atoms with Crippen LogP contribution in [0.5, 0.6) is 0 Å². The van der Waals surface area contributed by atoms with E-state index in [-0.39, 0.29) is 0 Å². The van der Waals surface area contributed by atoms with E-state index in [2.05, 4.69) is 42.5 Å². The third kappa shape index (κ3) is 1.72. The van der Waals surface area contributed by atoms with Crippen LogP contribution in [0.4, 0.5) is 0 Å². The van der Waals surface area contributed by atoms with Crippen molar-refractivity contribution in [2.24, 2.45) is 5.92 Å². The molecule has 0 radical (unpaired) electrons. The summed E-state index contributed by atoms with van der Waals surface area (Å²) in [6.07, 6.45) is 2.20. The number of aliphatic hydroxyl groups excluding tert-OH is 1. The standard InChI is InChI=1S/C15H16O/c16-8-7-14-10-15(14)13-6-5-11-3-1-2-4-12(11)9-13/h1-6,9,14-16H,7-8,10H2/t14-,15+/m1/s1. The van der Waals surface area contributed by atoms with Crippen molar-refractivity contribution in [2.75, 3.05) is 6.61 Å². The van der Waals surface area contributed by atoms with E-state index in [1.807, 2.05) is 0 Å². The van der Waals surface area contributed by atoms with Crippen molar-refractivity contribution < 1.29 is 5.11 Å². The SMILES string of the molecule is OCC[C@@H]1C[C@H]1c1ccc2ccccc2c1. The summed E-state index contributed by atoms with van der Waals surface area (Å²) >= 11 is 0. The molecule has 3 rings (SSSR count). The van der Waals surface area contributed by atoms with Crippen LogP contribution in [-0.2, 0) is 0 Å². The first kappa shape index (κ1) is 9.86. The molecule has 1 nitrogen and oxygen atoms in total. The number of rotatable bonds is 3. The topological polar surface area (TPSA) is 20.2 Å². The van der Waals surface area contributed by atoms with Gasteiger partial charge in [-0.15, -0.1) is 0 Å². The lowest BCUT2D eigenvalue weighted by molar-refractivity contribution is 0.279. The van der Waals surface area contributed by atoms with Crippen LogP contribution >= 0.6 is 0 Å². The van der Waals surface area contributed by atoms with Gasteiger partial charge in [-0.3, -0.25) is 0 Å². The quantitative estimate of drug-likeness (QED) is 0.827. The molecule has 1 fully saturated rings. The van der Waals surface area contributed by atoms with Gasteiger partial charge in [-0.25, -0.2) is 0 Å². The van der Waals surface area contributed by atoms with Gasteiger partial charge in [-0.1, -0.05) is 42.5 Å². The predicted octanol–water partition coefficient (Wildman–Crippen LogP) is 3.33. The molecule has 2 aromatic rings. The van der Waals surface area contributed by atoms with E-state index in [0.717, 1.165) is 6.42 Å². The molecule has 1 saturated carbocycles. The van der Waals surface area contributed by atoms with Gasteiger partial charge >= 0.3 is 0 Å². The maximum absolute atomic E-state index is 8.91. The van der Waals surface area contributed by atoms with Gasteiger partial charge in [0.25, 0.3) is 0 Å². The molecule has 0 spiro atoms. The second-order valence-electron chi connectivity index (χ2n) is 4.72. The summed E-state index contributed by atoms with van der Waals surface area (Å²) in [5, 5.41) is 11.6. The Morgan fingerprint density at radius 3 is 2.69 bits per heavy atom. The molecule has 1 N–H and O–H groups in total. The van der Waals surface area contributed by atoms with E-state index in [1.54, 1.807) is 0 Å². The minimum Gasteiger partial charge on any atom is -0.396 e. The van der Waals surface area contributed by atoms with Crippen LogP contribution in [0.3, 0.4) is 0 Å². The summed E-state index contributed by atoms with van der Waals surface area (Å²) in [7, 11) is 0. The largest absolute Gasteiger partial charge is 0.396 e. The van der Waals surface area contributed by atoms with Gasteiger partial charge in [-0.2, -0.15) is 0 Å². The normalized spacial score (nSPS) is 23.6. The van der Waals surface area contributed by atoms with Gasteiger partial charge in [0, 0.05) is 6.61 Å². The van der Waals surface area contributed by atoms with Crippen molar-refractivity contribution in [1.29, 1.82) is 0 Å². The smallest absolute Gasteiger partial charge is 0.0433 e. The van der Waals surface area contributed by atoms with Gasteiger partial charge < -0.3 is 5.11 Å². The fraction of sp³-hybridized carbons (Fsp3) is 0.333. The molecule has 2 aromatic carbocycles. The third-order valence-electron chi connectivity index (χ3n) is 3.62. The molecule has 0 amide bonds. The van der Waals surface area contributed by atoms with Crippen LogP contribution in [0.15, 0.2) is 42.5 Å². The van der Waals surface area contributed by atoms with Crippen molar-refractivity contribution in [2.45, 2.75) is 18.8 Å². The van der Waals surface area contributed by atoms with Crippen molar-refractivity contribution >= 4 is 10.8 Å². The van der Waals surface area contributed by atoms with Crippen LogP contribution in [0, 0.1) is 5.92 Å². The highest BCUT2D eigenvalue weighted by Gasteiger charge is 2.37. The lowest BCUT2D eigenvalue weighted by Crippen LogP contribution is -1.88. The Hall–Kier alpha value is -1.34. The van der Waals surface area contributed by atoms with Gasteiger partial charge in [0.05, 0.1) is 0 Å². The molecule has 2 atom stereocenters. The molecule has 0 aromatic heterocycles. The van der Waals surface area contributed by atoms with Crippen molar-refractivity contribution in [3.63, 3.8) is 0 Å². The highest BCUT2D eigenvalue weighted by molar-refractivity contribution is 5.83. The third-order valence-corrected chi connectivity index (χ3v) is 3.62. The Bertz CT molecular complexity index is 504. The molecule has 0 saturated heterocycles. The zero-order chi connectivity index (χ0) is 11.0. The van der Waals surface area contributed by atoms with E-state index >= 15 is 0 Å². The number of hydrogen-bond donors (Lipinski definition) is 1. The molecule has 16 heavy (non-hydrogen) atoms. The highest BCUT2D eigenvalue weighted by Crippen LogP contribution is 2.49. The Kier molecular flexibility index (Phi) is 2.41. The van der Waals surface area contributed by atoms with Crippen LogP contribution in [0.25, 0.3) is 10.8 Å². The monoisotopic (exact) mass is 212 g/mol. The van der Waals surface area contributed by atoms with E-state index in [4.69, 9.17) is 5.11 Å². The maximum atomic E-state index is 8.91. The van der Waals surface area contributed by atoms with E-state index < -0.39 is 0 Å². The van der Waals surface area contributed by atoms with Crippen LogP contribution in [0.1, 0.15) is 24.3 Å². The molecule has 0 aliphatic heterocycles. The van der Waals surface area contributed by atoms with Crippen LogP contribution in [-0.4, -0.2) is 11.7 Å². The summed E-state index contributed by atoms with van der Waals surface area (Å²) in [5.74, 6) is 1.41. The van der Waals surface area contributed by atoms with Crippen molar-refractivity contribution in [3.05, 3.63) is 48.0 Å². The first-order valence-electron chi connectivity index (χ1n) is 5.98. The average molecular weight is 212 g/mol.